The first-order valence-corrected chi connectivity index (χ1v) is 3.71. The zero-order chi connectivity index (χ0) is 6.24. The average Bonchev–Trinajstić information content (AvgIpc) is 1.81. The van der Waals surface area contributed by atoms with Gasteiger partial charge in [-0.25, -0.2) is 0 Å². The normalized spacial score (nSPS) is 7.80. The van der Waals surface area contributed by atoms with Gasteiger partial charge in [0, 0.05) is 0 Å². The predicted molar refractivity (Wildman–Crippen MR) is 44.5 cm³/mol. The third kappa shape index (κ3) is 16.4. The van der Waals surface area contributed by atoms with Crippen LogP contribution in [0, 0.1) is 6.92 Å². The molecular formula is C8H17BrCa. The van der Waals surface area contributed by atoms with E-state index in [-0.39, 0.29) is 54.7 Å². The first-order valence-electron chi connectivity index (χ1n) is 3.71. The van der Waals surface area contributed by atoms with Gasteiger partial charge in [0.15, 0.2) is 0 Å². The van der Waals surface area contributed by atoms with Gasteiger partial charge in [-0.3, -0.25) is 0 Å². The van der Waals surface area contributed by atoms with Gasteiger partial charge < -0.3 is 23.9 Å². The molecule has 0 rings (SSSR count). The second-order valence-electron chi connectivity index (χ2n) is 2.27. The Morgan fingerprint density at radius 3 is 1.90 bits per heavy atom. The number of hydrogen-bond acceptors (Lipinski definition) is 0. The van der Waals surface area contributed by atoms with Crippen LogP contribution in [0.5, 0.6) is 0 Å². The zero-order valence-electron chi connectivity index (χ0n) is 7.03. The summed E-state index contributed by atoms with van der Waals surface area (Å²) in [7, 11) is 0. The Kier molecular flexibility index (Phi) is 30.1. The van der Waals surface area contributed by atoms with Crippen molar-refractivity contribution in [2.75, 3.05) is 0 Å². The molecule has 0 atom stereocenters. The standard InChI is InChI=1S/C8H17.BrH.Ca/c1-3-5-7-8-6-4-2;;/h1,3-8H2,2H3;1H;/q-1;;+2/p-1. The Hall–Kier alpha value is 1.74. The maximum absolute atomic E-state index is 3.78. The molecular weight excluding hydrogens is 216 g/mol. The molecule has 0 nitrogen and oxygen atoms in total. The molecule has 0 N–H and O–H groups in total. The fourth-order valence-electron chi connectivity index (χ4n) is 0.780. The average molecular weight is 233 g/mol. The van der Waals surface area contributed by atoms with Crippen molar-refractivity contribution in [1.29, 1.82) is 0 Å². The van der Waals surface area contributed by atoms with Crippen LogP contribution in [0.1, 0.15) is 45.4 Å². The van der Waals surface area contributed by atoms with Gasteiger partial charge in [0.2, 0.25) is 0 Å². The van der Waals surface area contributed by atoms with E-state index in [1.807, 2.05) is 0 Å². The van der Waals surface area contributed by atoms with Crippen LogP contribution in [0.3, 0.4) is 0 Å². The van der Waals surface area contributed by atoms with Gasteiger partial charge in [0.1, 0.15) is 0 Å². The van der Waals surface area contributed by atoms with Crippen molar-refractivity contribution in [3.8, 4) is 0 Å². The van der Waals surface area contributed by atoms with Crippen molar-refractivity contribution in [1.82, 2.24) is 0 Å². The van der Waals surface area contributed by atoms with E-state index in [2.05, 4.69) is 13.8 Å². The summed E-state index contributed by atoms with van der Waals surface area (Å²) in [5.41, 5.74) is 0. The van der Waals surface area contributed by atoms with E-state index in [1.54, 1.807) is 0 Å². The van der Waals surface area contributed by atoms with Gasteiger partial charge in [-0.15, -0.1) is 0 Å². The first-order chi connectivity index (χ1) is 3.91. The minimum Gasteiger partial charge on any atom is -1.00 e. The summed E-state index contributed by atoms with van der Waals surface area (Å²) < 4.78 is 0. The quantitative estimate of drug-likeness (QED) is 0.350. The van der Waals surface area contributed by atoms with Crippen molar-refractivity contribution in [3.63, 3.8) is 0 Å². The molecule has 0 bridgehead atoms. The monoisotopic (exact) mass is 232 g/mol. The summed E-state index contributed by atoms with van der Waals surface area (Å²) in [5.74, 6) is 0. The van der Waals surface area contributed by atoms with Crippen LogP contribution in [0.25, 0.3) is 0 Å². The number of rotatable bonds is 5. The Morgan fingerprint density at radius 2 is 1.50 bits per heavy atom. The van der Waals surface area contributed by atoms with Gasteiger partial charge >= 0.3 is 37.7 Å². The maximum atomic E-state index is 3.78. The van der Waals surface area contributed by atoms with Gasteiger partial charge in [-0.05, 0) is 0 Å². The van der Waals surface area contributed by atoms with Crippen LogP contribution in [0.2, 0.25) is 0 Å². The topological polar surface area (TPSA) is 0 Å². The molecule has 0 radical (unpaired) electrons. The van der Waals surface area contributed by atoms with E-state index in [0.717, 1.165) is 6.42 Å². The molecule has 58 valence electrons. The van der Waals surface area contributed by atoms with E-state index in [1.165, 1.54) is 32.1 Å². The summed E-state index contributed by atoms with van der Waals surface area (Å²) in [6, 6.07) is 0. The molecule has 0 fully saturated rings. The van der Waals surface area contributed by atoms with E-state index < -0.39 is 0 Å². The van der Waals surface area contributed by atoms with Crippen LogP contribution in [0.15, 0.2) is 0 Å². The minimum absolute atomic E-state index is 0. The summed E-state index contributed by atoms with van der Waals surface area (Å²) in [6.07, 6.45) is 7.98. The van der Waals surface area contributed by atoms with Crippen LogP contribution >= 0.6 is 0 Å². The molecule has 0 heterocycles. The van der Waals surface area contributed by atoms with E-state index in [0.29, 0.717) is 0 Å². The Labute approximate surface area is 106 Å². The fraction of sp³-hybridized carbons (Fsp3) is 0.875. The van der Waals surface area contributed by atoms with Crippen molar-refractivity contribution in [2.24, 2.45) is 0 Å². The molecule has 0 aliphatic carbocycles. The number of unbranched alkanes of at least 4 members (excludes halogenated alkanes) is 5. The van der Waals surface area contributed by atoms with Crippen LogP contribution < -0.4 is 17.0 Å². The zero-order valence-corrected chi connectivity index (χ0v) is 10.8. The van der Waals surface area contributed by atoms with Crippen LogP contribution in [-0.4, -0.2) is 37.7 Å². The molecule has 0 unspecified atom stereocenters. The van der Waals surface area contributed by atoms with Crippen molar-refractivity contribution >= 4 is 37.7 Å². The van der Waals surface area contributed by atoms with Crippen molar-refractivity contribution in [3.05, 3.63) is 6.92 Å². The number of hydrogen-bond donors (Lipinski definition) is 0. The second-order valence-corrected chi connectivity index (χ2v) is 2.27. The third-order valence-electron chi connectivity index (χ3n) is 1.35. The van der Waals surface area contributed by atoms with E-state index in [4.69, 9.17) is 0 Å². The molecule has 10 heavy (non-hydrogen) atoms. The largest absolute Gasteiger partial charge is 2.00 e. The van der Waals surface area contributed by atoms with E-state index in [9.17, 15) is 0 Å². The summed E-state index contributed by atoms with van der Waals surface area (Å²) >= 11 is 0. The molecule has 0 aliphatic rings. The first kappa shape index (κ1) is 17.7. The summed E-state index contributed by atoms with van der Waals surface area (Å²) in [4.78, 5) is 0. The Bertz CT molecular complexity index is 34.2. The van der Waals surface area contributed by atoms with Crippen molar-refractivity contribution < 1.29 is 17.0 Å². The molecule has 0 aliphatic heterocycles. The minimum atomic E-state index is 0. The molecule has 0 saturated heterocycles. The van der Waals surface area contributed by atoms with Gasteiger partial charge in [0.25, 0.3) is 0 Å². The molecule has 0 aromatic heterocycles. The van der Waals surface area contributed by atoms with Gasteiger partial charge in [-0.2, -0.15) is 6.42 Å². The maximum Gasteiger partial charge on any atom is 2.00 e. The molecule has 2 heteroatoms. The third-order valence-corrected chi connectivity index (χ3v) is 1.35. The second kappa shape index (κ2) is 17.0. The Balaban J connectivity index is -0.000000245. The summed E-state index contributed by atoms with van der Waals surface area (Å²) in [5, 5.41) is 0. The van der Waals surface area contributed by atoms with Gasteiger partial charge in [0.05, 0.1) is 0 Å². The van der Waals surface area contributed by atoms with Crippen molar-refractivity contribution in [2.45, 2.75) is 45.4 Å². The molecule has 0 amide bonds. The smallest absolute Gasteiger partial charge is 1.00 e. The molecule has 0 aromatic carbocycles. The van der Waals surface area contributed by atoms with E-state index >= 15 is 0 Å². The van der Waals surface area contributed by atoms with Crippen LogP contribution in [0.4, 0.5) is 0 Å². The molecule has 0 aromatic rings. The van der Waals surface area contributed by atoms with Crippen LogP contribution in [-0.2, 0) is 0 Å². The predicted octanol–water partition coefficient (Wildman–Crippen LogP) is -0.196. The fourth-order valence-corrected chi connectivity index (χ4v) is 0.780. The summed E-state index contributed by atoms with van der Waals surface area (Å²) in [6.45, 7) is 6.02. The molecule has 0 saturated carbocycles. The molecule has 0 spiro atoms. The van der Waals surface area contributed by atoms with Gasteiger partial charge in [-0.1, -0.05) is 39.0 Å². The SMILES string of the molecule is [Br-].[CH2-]CCCCCCC.[Ca+2]. The Morgan fingerprint density at radius 1 is 1.00 bits per heavy atom. The number of halogens is 1.